The van der Waals surface area contributed by atoms with E-state index in [4.69, 9.17) is 4.74 Å². The summed E-state index contributed by atoms with van der Waals surface area (Å²) in [7, 11) is -3.39. The summed E-state index contributed by atoms with van der Waals surface area (Å²) in [4.78, 5) is 19.5. The molecule has 2 aromatic carbocycles. The second-order valence-corrected chi connectivity index (χ2v) is 12.5. The molecule has 2 heterocycles. The third-order valence-electron chi connectivity index (χ3n) is 7.47. The predicted molar refractivity (Wildman–Crippen MR) is 152 cm³/mol. The number of hydrogen-bond donors (Lipinski definition) is 2. The van der Waals surface area contributed by atoms with E-state index in [1.165, 1.54) is 42.6 Å². The summed E-state index contributed by atoms with van der Waals surface area (Å²) in [6.45, 7) is 1.03. The van der Waals surface area contributed by atoms with Crippen molar-refractivity contribution in [3.8, 4) is 0 Å². The van der Waals surface area contributed by atoms with Crippen LogP contribution in [0.2, 0.25) is 0 Å². The van der Waals surface area contributed by atoms with Crippen LogP contribution in [-0.2, 0) is 20.8 Å². The molecular formula is C30H33F4N3O5S. The monoisotopic (exact) mass is 623 g/mol. The molecule has 0 aliphatic carbocycles. The molecule has 1 aliphatic rings. The highest BCUT2D eigenvalue weighted by Gasteiger charge is 2.35. The Morgan fingerprint density at radius 1 is 1.12 bits per heavy atom. The fraction of sp³-hybridized carbons (Fsp3) is 0.400. The van der Waals surface area contributed by atoms with Gasteiger partial charge >= 0.3 is 6.18 Å². The summed E-state index contributed by atoms with van der Waals surface area (Å²) in [5, 5.41) is 12.6. The van der Waals surface area contributed by atoms with Crippen molar-refractivity contribution >= 4 is 21.6 Å². The first-order valence-electron chi connectivity index (χ1n) is 13.7. The number of amides is 1. The van der Waals surface area contributed by atoms with Gasteiger partial charge in [0.2, 0.25) is 0 Å². The number of aromatic nitrogens is 1. The number of ether oxygens (including phenoxy) is 1. The van der Waals surface area contributed by atoms with Gasteiger partial charge in [-0.15, -0.1) is 0 Å². The van der Waals surface area contributed by atoms with Crippen LogP contribution in [0.15, 0.2) is 71.8 Å². The minimum atomic E-state index is -4.43. The molecule has 43 heavy (non-hydrogen) atoms. The van der Waals surface area contributed by atoms with E-state index in [0.717, 1.165) is 17.7 Å². The van der Waals surface area contributed by atoms with Crippen LogP contribution >= 0.6 is 0 Å². The van der Waals surface area contributed by atoms with Crippen LogP contribution in [0.5, 0.6) is 0 Å². The minimum absolute atomic E-state index is 0.0476. The van der Waals surface area contributed by atoms with Crippen molar-refractivity contribution in [3.63, 3.8) is 0 Å². The van der Waals surface area contributed by atoms with Gasteiger partial charge in [-0.25, -0.2) is 17.8 Å². The number of halogens is 4. The number of benzene rings is 2. The summed E-state index contributed by atoms with van der Waals surface area (Å²) in [5.74, 6) is -0.148. The summed E-state index contributed by atoms with van der Waals surface area (Å²) >= 11 is 0. The largest absolute Gasteiger partial charge is 0.416 e. The Balaban J connectivity index is 1.46. The Morgan fingerprint density at radius 3 is 2.37 bits per heavy atom. The summed E-state index contributed by atoms with van der Waals surface area (Å²) in [6, 6.07) is 13.2. The molecule has 2 N–H and O–H groups in total. The van der Waals surface area contributed by atoms with Crippen LogP contribution < -0.4 is 10.2 Å². The highest BCUT2D eigenvalue weighted by molar-refractivity contribution is 7.91. The van der Waals surface area contributed by atoms with Gasteiger partial charge in [0.1, 0.15) is 12.5 Å². The van der Waals surface area contributed by atoms with E-state index < -0.39 is 46.8 Å². The molecule has 1 unspecified atom stereocenters. The lowest BCUT2D eigenvalue weighted by Crippen LogP contribution is -2.34. The molecule has 1 amide bonds. The average molecular weight is 624 g/mol. The first-order valence-corrected chi connectivity index (χ1v) is 15.4. The third-order valence-corrected chi connectivity index (χ3v) is 9.22. The molecule has 0 radical (unpaired) electrons. The molecule has 4 rings (SSSR count). The van der Waals surface area contributed by atoms with Gasteiger partial charge < -0.3 is 20.1 Å². The van der Waals surface area contributed by atoms with Crippen LogP contribution in [0.25, 0.3) is 0 Å². The highest BCUT2D eigenvalue weighted by atomic mass is 32.2. The summed E-state index contributed by atoms with van der Waals surface area (Å²) in [6.07, 6.45) is -2.50. The zero-order valence-electron chi connectivity index (χ0n) is 23.4. The van der Waals surface area contributed by atoms with Crippen molar-refractivity contribution in [3.05, 3.63) is 89.1 Å². The SMILES string of the molecule is CCS(=O)(=O)c1ccc([C@H](CO)NC(=O)c2ccc(N3CC(c4ccc(C(F)(F)F)cc4)C[C@H]3COCCF)nc2)cc1. The molecule has 0 spiro atoms. The molecule has 3 aromatic rings. The number of aliphatic hydroxyl groups is 1. The number of carbonyl (C=O) groups excluding carboxylic acids is 1. The normalized spacial score (nSPS) is 18.0. The Morgan fingerprint density at radius 2 is 1.81 bits per heavy atom. The van der Waals surface area contributed by atoms with Crippen molar-refractivity contribution in [1.29, 1.82) is 0 Å². The number of pyridine rings is 1. The summed E-state index contributed by atoms with van der Waals surface area (Å²) in [5.41, 5.74) is 0.751. The zero-order chi connectivity index (χ0) is 31.2. The Labute approximate surface area is 247 Å². The van der Waals surface area contributed by atoms with E-state index in [0.29, 0.717) is 24.3 Å². The Bertz CT molecular complexity index is 1470. The van der Waals surface area contributed by atoms with Gasteiger partial charge in [-0.3, -0.25) is 4.79 Å². The lowest BCUT2D eigenvalue weighted by molar-refractivity contribution is -0.137. The van der Waals surface area contributed by atoms with E-state index in [1.54, 1.807) is 19.1 Å². The number of anilines is 1. The van der Waals surface area contributed by atoms with E-state index >= 15 is 0 Å². The smallest absolute Gasteiger partial charge is 0.394 e. The maximum Gasteiger partial charge on any atom is 0.416 e. The quantitative estimate of drug-likeness (QED) is 0.222. The van der Waals surface area contributed by atoms with E-state index in [1.807, 2.05) is 4.90 Å². The molecule has 0 bridgehead atoms. The number of aliphatic hydroxyl groups excluding tert-OH is 1. The van der Waals surface area contributed by atoms with Crippen LogP contribution in [0.1, 0.15) is 52.4 Å². The maximum atomic E-state index is 13.0. The molecule has 232 valence electrons. The van der Waals surface area contributed by atoms with E-state index in [2.05, 4.69) is 10.3 Å². The molecule has 1 saturated heterocycles. The molecule has 3 atom stereocenters. The average Bonchev–Trinajstić information content (AvgIpc) is 3.44. The van der Waals surface area contributed by atoms with E-state index in [-0.39, 0.29) is 41.4 Å². The second kappa shape index (κ2) is 13.8. The number of rotatable bonds is 12. The fourth-order valence-corrected chi connectivity index (χ4v) is 5.94. The first kappa shape index (κ1) is 32.4. The molecule has 8 nitrogen and oxygen atoms in total. The van der Waals surface area contributed by atoms with Crippen LogP contribution in [0.3, 0.4) is 0 Å². The van der Waals surface area contributed by atoms with E-state index in [9.17, 15) is 35.9 Å². The standard InChI is InChI=1S/C30H33F4N3O5S/c1-2-43(40,41)26-10-5-21(6-11-26)27(18-38)36-29(39)22-7-12-28(35-16-22)37-17-23(15-25(37)19-42-14-13-31)20-3-8-24(9-4-20)30(32,33)34/h3-12,16,23,25,27,38H,2,13-15,17-19H2,1H3,(H,36,39)/t23?,25-,27-/m0/s1. The third kappa shape index (κ3) is 7.89. The predicted octanol–water partition coefficient (Wildman–Crippen LogP) is 4.71. The fourth-order valence-electron chi connectivity index (χ4n) is 5.06. The van der Waals surface area contributed by atoms with Crippen LogP contribution in [-0.4, -0.2) is 69.3 Å². The lowest BCUT2D eigenvalue weighted by atomic mass is 9.95. The van der Waals surface area contributed by atoms with Gasteiger partial charge in [0.05, 0.1) is 53.7 Å². The van der Waals surface area contributed by atoms with Gasteiger partial charge in [-0.2, -0.15) is 13.2 Å². The number of nitrogens with one attached hydrogen (secondary N) is 1. The first-order chi connectivity index (χ1) is 20.5. The summed E-state index contributed by atoms with van der Waals surface area (Å²) < 4.78 is 81.3. The molecule has 1 fully saturated rings. The van der Waals surface area contributed by atoms with Gasteiger partial charge in [0.25, 0.3) is 5.91 Å². The zero-order valence-corrected chi connectivity index (χ0v) is 24.2. The Kier molecular flexibility index (Phi) is 10.4. The number of carbonyl (C=O) groups is 1. The topological polar surface area (TPSA) is 109 Å². The highest BCUT2D eigenvalue weighted by Crippen LogP contribution is 2.36. The lowest BCUT2D eigenvalue weighted by Gasteiger charge is -2.25. The minimum Gasteiger partial charge on any atom is -0.394 e. The van der Waals surface area contributed by atoms with Crippen LogP contribution in [0, 0.1) is 0 Å². The van der Waals surface area contributed by atoms with Gasteiger partial charge in [0, 0.05) is 18.7 Å². The van der Waals surface area contributed by atoms with Crippen LogP contribution in [0.4, 0.5) is 23.4 Å². The molecule has 1 aromatic heterocycles. The van der Waals surface area contributed by atoms with Gasteiger partial charge in [-0.1, -0.05) is 31.2 Å². The van der Waals surface area contributed by atoms with Crippen molar-refractivity contribution < 1.29 is 40.6 Å². The van der Waals surface area contributed by atoms with Gasteiger partial charge in [0.15, 0.2) is 9.84 Å². The molecule has 0 saturated carbocycles. The molecule has 1 aliphatic heterocycles. The molecular weight excluding hydrogens is 590 g/mol. The second-order valence-electron chi connectivity index (χ2n) is 10.2. The number of nitrogens with zero attached hydrogens (tertiary/aromatic N) is 2. The number of alkyl halides is 4. The van der Waals surface area contributed by atoms with Crippen molar-refractivity contribution in [2.45, 2.75) is 42.4 Å². The maximum absolute atomic E-state index is 13.0. The van der Waals surface area contributed by atoms with Crippen molar-refractivity contribution in [2.24, 2.45) is 0 Å². The number of hydrogen-bond acceptors (Lipinski definition) is 7. The molecule has 13 heteroatoms. The van der Waals surface area contributed by atoms with Gasteiger partial charge in [-0.05, 0) is 53.9 Å². The Hall–Kier alpha value is -3.55. The van der Waals surface area contributed by atoms with Crippen molar-refractivity contribution in [2.75, 3.05) is 43.7 Å². The number of sulfone groups is 1. The van der Waals surface area contributed by atoms with Crippen molar-refractivity contribution in [1.82, 2.24) is 10.3 Å².